The van der Waals surface area contributed by atoms with E-state index < -0.39 is 6.16 Å². The molecular formula is C35H60O3. The van der Waals surface area contributed by atoms with Gasteiger partial charge in [0.2, 0.25) is 0 Å². The van der Waals surface area contributed by atoms with Gasteiger partial charge in [-0.05, 0) is 97.7 Å². The van der Waals surface area contributed by atoms with Crippen LogP contribution in [-0.4, -0.2) is 18.9 Å². The van der Waals surface area contributed by atoms with Gasteiger partial charge in [0, 0.05) is 6.42 Å². The van der Waals surface area contributed by atoms with E-state index in [1.165, 1.54) is 70.6 Å². The van der Waals surface area contributed by atoms with E-state index in [1.54, 1.807) is 5.57 Å². The molecule has 8 atom stereocenters. The summed E-state index contributed by atoms with van der Waals surface area (Å²) in [6, 6.07) is 0. The first-order valence-corrected chi connectivity index (χ1v) is 16.7. The highest BCUT2D eigenvalue weighted by Gasteiger charge is 2.59. The van der Waals surface area contributed by atoms with Crippen molar-refractivity contribution in [2.24, 2.45) is 46.3 Å². The van der Waals surface area contributed by atoms with Crippen molar-refractivity contribution in [2.75, 3.05) is 6.61 Å². The van der Waals surface area contributed by atoms with Gasteiger partial charge in [-0.2, -0.15) is 0 Å². The average Bonchev–Trinajstić information content (AvgIpc) is 3.23. The molecule has 0 saturated heterocycles. The third-order valence-corrected chi connectivity index (χ3v) is 12.0. The Hall–Kier alpha value is -0.990. The maximum Gasteiger partial charge on any atom is 0.508 e. The van der Waals surface area contributed by atoms with Crippen LogP contribution in [0.1, 0.15) is 144 Å². The molecule has 0 spiro atoms. The smallest absolute Gasteiger partial charge is 0.434 e. The van der Waals surface area contributed by atoms with E-state index in [1.807, 2.05) is 0 Å². The number of carbonyl (C=O) groups excluding carboxylic acids is 1. The Bertz CT molecular complexity index is 801. The molecule has 4 aliphatic carbocycles. The number of ether oxygens (including phenoxy) is 2. The van der Waals surface area contributed by atoms with E-state index in [4.69, 9.17) is 9.47 Å². The fourth-order valence-corrected chi connectivity index (χ4v) is 9.78. The highest BCUT2D eigenvalue weighted by molar-refractivity contribution is 5.60. The molecule has 3 nitrogen and oxygen atoms in total. The highest BCUT2D eigenvalue weighted by Crippen LogP contribution is 2.67. The minimum Gasteiger partial charge on any atom is -0.434 e. The quantitative estimate of drug-likeness (QED) is 0.143. The van der Waals surface area contributed by atoms with Crippen LogP contribution in [0.15, 0.2) is 11.6 Å². The van der Waals surface area contributed by atoms with Crippen LogP contribution in [0, 0.1) is 46.3 Å². The Morgan fingerprint density at radius 2 is 1.74 bits per heavy atom. The van der Waals surface area contributed by atoms with Gasteiger partial charge < -0.3 is 9.47 Å². The predicted molar refractivity (Wildman–Crippen MR) is 158 cm³/mol. The molecule has 218 valence electrons. The maximum atomic E-state index is 12.3. The van der Waals surface area contributed by atoms with Gasteiger partial charge in [-0.15, -0.1) is 0 Å². The maximum absolute atomic E-state index is 12.3. The lowest BCUT2D eigenvalue weighted by Gasteiger charge is -2.58. The summed E-state index contributed by atoms with van der Waals surface area (Å²) in [6.07, 6.45) is 22.2. The molecule has 3 saturated carbocycles. The third-order valence-electron chi connectivity index (χ3n) is 12.0. The minimum absolute atomic E-state index is 0.00475. The molecule has 0 amide bonds. The zero-order valence-corrected chi connectivity index (χ0v) is 25.9. The third kappa shape index (κ3) is 6.49. The summed E-state index contributed by atoms with van der Waals surface area (Å²) in [5.74, 6) is 5.18. The van der Waals surface area contributed by atoms with Gasteiger partial charge in [0.05, 0.1) is 6.61 Å². The summed E-state index contributed by atoms with van der Waals surface area (Å²) in [5.41, 5.74) is 2.43. The van der Waals surface area contributed by atoms with Crippen molar-refractivity contribution in [1.82, 2.24) is 0 Å². The van der Waals surface area contributed by atoms with Crippen LogP contribution in [0.25, 0.3) is 0 Å². The first-order valence-electron chi connectivity index (χ1n) is 16.7. The predicted octanol–water partition coefficient (Wildman–Crippen LogP) is 10.5. The van der Waals surface area contributed by atoms with Crippen LogP contribution in [0.5, 0.6) is 0 Å². The first kappa shape index (κ1) is 30.0. The fourth-order valence-electron chi connectivity index (χ4n) is 9.78. The van der Waals surface area contributed by atoms with Crippen LogP contribution in [-0.2, 0) is 9.47 Å². The molecule has 3 fully saturated rings. The molecule has 6 unspecified atom stereocenters. The van der Waals surface area contributed by atoms with Crippen LogP contribution < -0.4 is 0 Å². The molecule has 0 aromatic carbocycles. The summed E-state index contributed by atoms with van der Waals surface area (Å²) < 4.78 is 11.2. The summed E-state index contributed by atoms with van der Waals surface area (Å²) in [7, 11) is 0. The van der Waals surface area contributed by atoms with Gasteiger partial charge in [0.25, 0.3) is 0 Å². The van der Waals surface area contributed by atoms with E-state index in [0.29, 0.717) is 17.4 Å². The molecule has 0 aromatic heterocycles. The molecule has 0 radical (unpaired) electrons. The second kappa shape index (κ2) is 13.1. The van der Waals surface area contributed by atoms with Crippen LogP contribution in [0.2, 0.25) is 0 Å². The normalized spacial score (nSPS) is 37.1. The molecule has 0 bridgehead atoms. The molecule has 4 rings (SSSR count). The number of carbonyl (C=O) groups is 1. The van der Waals surface area contributed by atoms with Crippen LogP contribution in [0.4, 0.5) is 4.79 Å². The van der Waals surface area contributed by atoms with Gasteiger partial charge >= 0.3 is 6.16 Å². The van der Waals surface area contributed by atoms with Crippen molar-refractivity contribution < 1.29 is 14.3 Å². The summed E-state index contributed by atoms with van der Waals surface area (Å²) in [5, 5.41) is 0. The molecule has 0 N–H and O–H groups in total. The number of hydrogen-bond donors (Lipinski definition) is 0. The standard InChI is InChI=1S/C35H60O3/c1-7-8-9-10-11-23-37-33(36)38-28-19-21-34(5)27(24-28)15-16-29-31-18-17-30(26(4)14-12-13-25(2)3)35(31,6)22-20-32(29)34/h15,25-26,28-32H,7-14,16-24H2,1-6H3/t26?,28?,29?,30?,31?,32?,34-,35+/m0/s1. The molecular weight excluding hydrogens is 468 g/mol. The van der Waals surface area contributed by atoms with Gasteiger partial charge in [0.15, 0.2) is 0 Å². The Balaban J connectivity index is 1.31. The fraction of sp³-hybridized carbons (Fsp3) is 0.914. The SMILES string of the molecule is CCCCCCCOC(=O)OC1CC[C@@]2(C)C(=CCC3C4CCC(C(C)CCCC(C)C)[C@@]4(C)CCC32)C1. The molecule has 0 heterocycles. The van der Waals surface area contributed by atoms with Crippen molar-refractivity contribution in [1.29, 1.82) is 0 Å². The van der Waals surface area contributed by atoms with E-state index >= 15 is 0 Å². The van der Waals surface area contributed by atoms with E-state index in [0.717, 1.165) is 67.6 Å². The number of hydrogen-bond acceptors (Lipinski definition) is 3. The lowest BCUT2D eigenvalue weighted by Crippen LogP contribution is -2.51. The van der Waals surface area contributed by atoms with Crippen LogP contribution >= 0.6 is 0 Å². The van der Waals surface area contributed by atoms with Gasteiger partial charge in [-0.25, -0.2) is 4.79 Å². The van der Waals surface area contributed by atoms with Crippen molar-refractivity contribution in [2.45, 2.75) is 150 Å². The van der Waals surface area contributed by atoms with Crippen LogP contribution in [0.3, 0.4) is 0 Å². The summed E-state index contributed by atoms with van der Waals surface area (Å²) >= 11 is 0. The first-order chi connectivity index (χ1) is 18.2. The van der Waals surface area contributed by atoms with Crippen molar-refractivity contribution >= 4 is 6.16 Å². The highest BCUT2D eigenvalue weighted by atomic mass is 16.7. The lowest BCUT2D eigenvalue weighted by molar-refractivity contribution is -0.0617. The second-order valence-corrected chi connectivity index (χ2v) is 14.8. The molecule has 0 aliphatic heterocycles. The summed E-state index contributed by atoms with van der Waals surface area (Å²) in [6.45, 7) is 15.3. The number of fused-ring (bicyclic) bond motifs is 5. The molecule has 3 heteroatoms. The number of rotatable bonds is 12. The lowest BCUT2D eigenvalue weighted by atomic mass is 9.47. The van der Waals surface area contributed by atoms with Gasteiger partial charge in [-0.1, -0.05) is 98.1 Å². The minimum atomic E-state index is -0.448. The number of allylic oxidation sites excluding steroid dienone is 1. The zero-order chi connectivity index (χ0) is 27.3. The van der Waals surface area contributed by atoms with Gasteiger partial charge in [0.1, 0.15) is 6.10 Å². The van der Waals surface area contributed by atoms with Crippen molar-refractivity contribution in [3.05, 3.63) is 11.6 Å². The Kier molecular flexibility index (Phi) is 10.3. The van der Waals surface area contributed by atoms with E-state index in [-0.39, 0.29) is 6.10 Å². The summed E-state index contributed by atoms with van der Waals surface area (Å²) in [4.78, 5) is 12.3. The second-order valence-electron chi connectivity index (χ2n) is 14.8. The molecule has 4 aliphatic rings. The van der Waals surface area contributed by atoms with Crippen molar-refractivity contribution in [3.63, 3.8) is 0 Å². The zero-order valence-electron chi connectivity index (χ0n) is 25.9. The Labute approximate surface area is 235 Å². The Morgan fingerprint density at radius 1 is 0.947 bits per heavy atom. The average molecular weight is 529 g/mol. The topological polar surface area (TPSA) is 35.5 Å². The largest absolute Gasteiger partial charge is 0.508 e. The van der Waals surface area contributed by atoms with Gasteiger partial charge in [-0.3, -0.25) is 0 Å². The monoisotopic (exact) mass is 528 g/mol. The van der Waals surface area contributed by atoms with Crippen molar-refractivity contribution in [3.8, 4) is 0 Å². The molecule has 0 aromatic rings. The van der Waals surface area contributed by atoms with E-state index in [2.05, 4.69) is 47.6 Å². The number of unbranched alkanes of at least 4 members (excludes halogenated alkanes) is 4. The Morgan fingerprint density at radius 3 is 2.50 bits per heavy atom. The van der Waals surface area contributed by atoms with E-state index in [9.17, 15) is 4.79 Å². The molecule has 38 heavy (non-hydrogen) atoms.